The quantitative estimate of drug-likeness (QED) is 0.171. The van der Waals surface area contributed by atoms with Gasteiger partial charge in [-0.2, -0.15) is 0 Å². The third kappa shape index (κ3) is 15.8. The van der Waals surface area contributed by atoms with Crippen molar-refractivity contribution in [2.75, 3.05) is 32.2 Å². The number of amides is 2. The standard InChI is InChI=1S/C15H33N3O6P2/c1-3-13(2)6-7-15(20)17-9-8-16-14(19)5-4-10-18(11-25(21)22)12-26(23)24/h13,21-24H,3-12H2,1-2H3,(H,16,19)(H,17,20)/t13-/m1/s1. The van der Waals surface area contributed by atoms with E-state index < -0.39 is 16.8 Å². The third-order valence-electron chi connectivity index (χ3n) is 3.86. The second-order valence-corrected chi connectivity index (χ2v) is 8.33. The van der Waals surface area contributed by atoms with E-state index in [1.54, 1.807) is 0 Å². The van der Waals surface area contributed by atoms with E-state index in [0.717, 1.165) is 12.8 Å². The van der Waals surface area contributed by atoms with Crippen LogP contribution in [0.4, 0.5) is 0 Å². The Kier molecular flexibility index (Phi) is 15.4. The summed E-state index contributed by atoms with van der Waals surface area (Å²) in [6, 6.07) is 0. The zero-order valence-electron chi connectivity index (χ0n) is 15.6. The van der Waals surface area contributed by atoms with Gasteiger partial charge in [-0.1, -0.05) is 20.3 Å². The fourth-order valence-electron chi connectivity index (χ4n) is 2.17. The zero-order chi connectivity index (χ0) is 19.9. The normalized spacial score (nSPS) is 12.7. The van der Waals surface area contributed by atoms with Gasteiger partial charge in [-0.05, 0) is 25.3 Å². The highest BCUT2D eigenvalue weighted by Crippen LogP contribution is 2.30. The van der Waals surface area contributed by atoms with Crippen LogP contribution in [-0.2, 0) is 9.59 Å². The number of carbonyl (C=O) groups is 2. The summed E-state index contributed by atoms with van der Waals surface area (Å²) in [6.45, 7) is 5.31. The molecule has 1 atom stereocenters. The summed E-state index contributed by atoms with van der Waals surface area (Å²) < 4.78 is 0. The highest BCUT2D eigenvalue weighted by Gasteiger charge is 2.14. The van der Waals surface area contributed by atoms with Gasteiger partial charge in [-0.3, -0.25) is 14.5 Å². The van der Waals surface area contributed by atoms with Crippen molar-refractivity contribution in [3.63, 3.8) is 0 Å². The van der Waals surface area contributed by atoms with Crippen molar-refractivity contribution in [3.8, 4) is 0 Å². The van der Waals surface area contributed by atoms with Crippen molar-refractivity contribution < 1.29 is 29.2 Å². The van der Waals surface area contributed by atoms with Gasteiger partial charge in [0, 0.05) is 25.9 Å². The molecule has 0 bridgehead atoms. The van der Waals surface area contributed by atoms with Crippen molar-refractivity contribution >= 4 is 28.6 Å². The predicted octanol–water partition coefficient (Wildman–Crippen LogP) is 0.635. The van der Waals surface area contributed by atoms with E-state index in [-0.39, 0.29) is 30.8 Å². The molecule has 26 heavy (non-hydrogen) atoms. The highest BCUT2D eigenvalue weighted by molar-refractivity contribution is 7.46. The van der Waals surface area contributed by atoms with E-state index >= 15 is 0 Å². The largest absolute Gasteiger partial charge is 0.354 e. The van der Waals surface area contributed by atoms with Gasteiger partial charge in [0.2, 0.25) is 11.8 Å². The molecule has 9 nitrogen and oxygen atoms in total. The summed E-state index contributed by atoms with van der Waals surface area (Å²) >= 11 is 0. The first kappa shape index (κ1) is 25.6. The van der Waals surface area contributed by atoms with E-state index in [4.69, 9.17) is 19.6 Å². The van der Waals surface area contributed by atoms with Gasteiger partial charge in [0.15, 0.2) is 16.8 Å². The molecule has 11 heteroatoms. The Morgan fingerprint density at radius 1 is 0.962 bits per heavy atom. The molecular formula is C15H33N3O6P2. The molecule has 0 aliphatic carbocycles. The SMILES string of the molecule is CC[C@@H](C)CCC(=O)NCCNC(=O)CCCN(CP(O)O)CP(O)O. The van der Waals surface area contributed by atoms with E-state index in [2.05, 4.69) is 24.5 Å². The molecule has 0 heterocycles. The molecule has 2 amide bonds. The van der Waals surface area contributed by atoms with Gasteiger partial charge in [-0.25, -0.2) is 0 Å². The molecule has 0 aliphatic heterocycles. The first-order chi connectivity index (χ1) is 12.2. The number of hydrogen-bond acceptors (Lipinski definition) is 7. The van der Waals surface area contributed by atoms with Gasteiger partial charge in [0.25, 0.3) is 0 Å². The maximum absolute atomic E-state index is 11.7. The van der Waals surface area contributed by atoms with Gasteiger partial charge in [-0.15, -0.1) is 0 Å². The number of nitrogens with zero attached hydrogens (tertiary/aromatic N) is 1. The van der Waals surface area contributed by atoms with Crippen molar-refractivity contribution in [2.45, 2.75) is 46.0 Å². The summed E-state index contributed by atoms with van der Waals surface area (Å²) in [7, 11) is -4.31. The lowest BCUT2D eigenvalue weighted by Crippen LogP contribution is -2.35. The van der Waals surface area contributed by atoms with Crippen LogP contribution in [-0.4, -0.2) is 68.5 Å². The zero-order valence-corrected chi connectivity index (χ0v) is 17.4. The lowest BCUT2D eigenvalue weighted by atomic mass is 10.0. The average Bonchev–Trinajstić information content (AvgIpc) is 2.55. The fraction of sp³-hybridized carbons (Fsp3) is 0.867. The summed E-state index contributed by atoms with van der Waals surface area (Å²) in [5.74, 6) is 0.356. The maximum atomic E-state index is 11.7. The molecule has 0 fully saturated rings. The van der Waals surface area contributed by atoms with E-state index in [1.807, 2.05) is 0 Å². The monoisotopic (exact) mass is 413 g/mol. The van der Waals surface area contributed by atoms with Crippen LogP contribution in [0.3, 0.4) is 0 Å². The molecule has 0 saturated heterocycles. The van der Waals surface area contributed by atoms with Gasteiger partial charge in [0.1, 0.15) is 0 Å². The predicted molar refractivity (Wildman–Crippen MR) is 103 cm³/mol. The van der Waals surface area contributed by atoms with Crippen LogP contribution < -0.4 is 10.6 Å². The molecule has 0 spiro atoms. The summed E-state index contributed by atoms with van der Waals surface area (Å²) in [6.07, 6.45) is 3.02. The van der Waals surface area contributed by atoms with E-state index in [1.165, 1.54) is 4.90 Å². The van der Waals surface area contributed by atoms with Crippen LogP contribution in [0.25, 0.3) is 0 Å². The topological polar surface area (TPSA) is 142 Å². The van der Waals surface area contributed by atoms with E-state index in [0.29, 0.717) is 38.4 Å². The Balaban J connectivity index is 3.80. The Hall–Kier alpha value is -0.400. The minimum Gasteiger partial charge on any atom is -0.354 e. The maximum Gasteiger partial charge on any atom is 0.220 e. The van der Waals surface area contributed by atoms with E-state index in [9.17, 15) is 9.59 Å². The Morgan fingerprint density at radius 3 is 1.92 bits per heavy atom. The van der Waals surface area contributed by atoms with Crippen molar-refractivity contribution in [1.29, 1.82) is 0 Å². The summed E-state index contributed by atoms with van der Waals surface area (Å²) in [5, 5.41) is 5.47. The highest BCUT2D eigenvalue weighted by atomic mass is 31.2. The summed E-state index contributed by atoms with van der Waals surface area (Å²) in [5.41, 5.74) is 0. The fourth-order valence-corrected chi connectivity index (χ4v) is 3.53. The second kappa shape index (κ2) is 15.6. The Bertz CT molecular complexity index is 392. The van der Waals surface area contributed by atoms with Crippen LogP contribution in [0.15, 0.2) is 0 Å². The van der Waals surface area contributed by atoms with Crippen molar-refractivity contribution in [3.05, 3.63) is 0 Å². The molecule has 0 aromatic rings. The minimum absolute atomic E-state index is 0.01000. The number of nitrogens with one attached hydrogen (secondary N) is 2. The Morgan fingerprint density at radius 2 is 1.46 bits per heavy atom. The molecule has 154 valence electrons. The van der Waals surface area contributed by atoms with Crippen LogP contribution in [0, 0.1) is 5.92 Å². The lowest BCUT2D eigenvalue weighted by molar-refractivity contribution is -0.123. The second-order valence-electron chi connectivity index (χ2n) is 6.28. The van der Waals surface area contributed by atoms with Gasteiger partial charge < -0.3 is 30.2 Å². The third-order valence-corrected chi connectivity index (χ3v) is 5.17. The Labute approximate surface area is 158 Å². The van der Waals surface area contributed by atoms with Gasteiger partial charge in [0.05, 0.1) is 12.6 Å². The number of rotatable bonds is 15. The first-order valence-electron chi connectivity index (χ1n) is 8.80. The van der Waals surface area contributed by atoms with Crippen LogP contribution in [0.5, 0.6) is 0 Å². The van der Waals surface area contributed by atoms with Crippen LogP contribution >= 0.6 is 16.8 Å². The smallest absolute Gasteiger partial charge is 0.220 e. The van der Waals surface area contributed by atoms with Crippen LogP contribution in [0.2, 0.25) is 0 Å². The molecule has 0 aromatic carbocycles. The number of carbonyl (C=O) groups excluding carboxylic acids is 2. The molecule has 0 unspecified atom stereocenters. The summed E-state index contributed by atoms with van der Waals surface area (Å²) in [4.78, 5) is 61.0. The molecule has 6 N–H and O–H groups in total. The molecule has 0 rings (SSSR count). The van der Waals surface area contributed by atoms with Crippen molar-refractivity contribution in [2.24, 2.45) is 5.92 Å². The van der Waals surface area contributed by atoms with Gasteiger partial charge >= 0.3 is 0 Å². The molecule has 0 saturated carbocycles. The number of hydrogen-bond donors (Lipinski definition) is 6. The average molecular weight is 413 g/mol. The molecule has 0 aromatic heterocycles. The molecular weight excluding hydrogens is 380 g/mol. The first-order valence-corrected chi connectivity index (χ1v) is 11.7. The minimum atomic E-state index is -2.16. The van der Waals surface area contributed by atoms with Crippen LogP contribution in [0.1, 0.15) is 46.0 Å². The van der Waals surface area contributed by atoms with Crippen molar-refractivity contribution in [1.82, 2.24) is 15.5 Å². The molecule has 0 radical (unpaired) electrons. The lowest BCUT2D eigenvalue weighted by Gasteiger charge is -2.22. The molecule has 0 aliphatic rings.